The van der Waals surface area contributed by atoms with Crippen LogP contribution in [-0.4, -0.2) is 5.78 Å². The van der Waals surface area contributed by atoms with Gasteiger partial charge in [-0.15, -0.1) is 0 Å². The van der Waals surface area contributed by atoms with E-state index in [0.717, 1.165) is 21.3 Å². The van der Waals surface area contributed by atoms with Crippen molar-refractivity contribution in [2.75, 3.05) is 5.32 Å². The Kier molecular flexibility index (Phi) is 5.90. The van der Waals surface area contributed by atoms with Crippen LogP contribution in [0.4, 0.5) is 5.69 Å². The monoisotopic (exact) mass is 413 g/mol. The lowest BCUT2D eigenvalue weighted by Gasteiger charge is -2.20. The molecule has 3 aromatic carbocycles. The molecule has 3 aromatic rings. The number of carbonyl (C=O) groups excluding carboxylic acids is 1. The highest BCUT2D eigenvalue weighted by molar-refractivity contribution is 9.10. The number of anilines is 1. The molecule has 1 atom stereocenters. The van der Waals surface area contributed by atoms with Crippen LogP contribution in [0.25, 0.3) is 0 Å². The van der Waals surface area contributed by atoms with Gasteiger partial charge in [0.05, 0.1) is 6.04 Å². The normalized spacial score (nSPS) is 11.8. The average molecular weight is 415 g/mol. The van der Waals surface area contributed by atoms with Gasteiger partial charge < -0.3 is 5.32 Å². The lowest BCUT2D eigenvalue weighted by Crippen LogP contribution is -2.15. The van der Waals surface area contributed by atoms with E-state index >= 15 is 0 Å². The molecule has 0 bridgehead atoms. The van der Waals surface area contributed by atoms with E-state index in [4.69, 9.17) is 11.6 Å². The molecule has 25 heavy (non-hydrogen) atoms. The van der Waals surface area contributed by atoms with Gasteiger partial charge in [-0.3, -0.25) is 4.79 Å². The van der Waals surface area contributed by atoms with Crippen LogP contribution in [0, 0.1) is 0 Å². The van der Waals surface area contributed by atoms with Crippen molar-refractivity contribution in [2.45, 2.75) is 12.5 Å². The quantitative estimate of drug-likeness (QED) is 0.465. The van der Waals surface area contributed by atoms with Crippen LogP contribution >= 0.6 is 27.5 Å². The maximum absolute atomic E-state index is 12.7. The number of halogens is 2. The molecule has 0 saturated carbocycles. The van der Waals surface area contributed by atoms with Crippen molar-refractivity contribution in [1.29, 1.82) is 0 Å². The second kappa shape index (κ2) is 8.32. The number of hydrogen-bond acceptors (Lipinski definition) is 2. The van der Waals surface area contributed by atoms with Crippen LogP contribution in [0.1, 0.15) is 28.4 Å². The van der Waals surface area contributed by atoms with Gasteiger partial charge in [0.15, 0.2) is 5.78 Å². The Hall–Kier alpha value is -2.10. The molecule has 0 fully saturated rings. The number of Topliss-reactive ketones (excluding diaryl/α,β-unsaturated/α-hetero) is 1. The number of hydrogen-bond donors (Lipinski definition) is 1. The van der Waals surface area contributed by atoms with Crippen molar-refractivity contribution < 1.29 is 4.79 Å². The minimum Gasteiger partial charge on any atom is -0.378 e. The highest BCUT2D eigenvalue weighted by atomic mass is 79.9. The molecule has 1 N–H and O–H groups in total. The van der Waals surface area contributed by atoms with Crippen molar-refractivity contribution in [2.24, 2.45) is 0 Å². The largest absolute Gasteiger partial charge is 0.378 e. The van der Waals surface area contributed by atoms with Gasteiger partial charge in [-0.25, -0.2) is 0 Å². The van der Waals surface area contributed by atoms with Gasteiger partial charge in [-0.2, -0.15) is 0 Å². The van der Waals surface area contributed by atoms with Gasteiger partial charge in [-0.05, 0) is 35.9 Å². The van der Waals surface area contributed by atoms with Crippen LogP contribution in [-0.2, 0) is 0 Å². The molecule has 2 nitrogen and oxygen atoms in total. The summed E-state index contributed by atoms with van der Waals surface area (Å²) in [4.78, 5) is 12.7. The highest BCUT2D eigenvalue weighted by Gasteiger charge is 2.17. The van der Waals surface area contributed by atoms with E-state index < -0.39 is 0 Å². The van der Waals surface area contributed by atoms with Crippen LogP contribution in [0.15, 0.2) is 83.3 Å². The Morgan fingerprint density at radius 2 is 1.68 bits per heavy atom. The maximum atomic E-state index is 12.7. The summed E-state index contributed by atoms with van der Waals surface area (Å²) >= 11 is 9.49. The molecule has 0 heterocycles. The molecule has 4 heteroatoms. The first-order valence-corrected chi connectivity index (χ1v) is 9.15. The predicted molar refractivity (Wildman–Crippen MR) is 107 cm³/mol. The van der Waals surface area contributed by atoms with E-state index in [0.29, 0.717) is 11.4 Å². The van der Waals surface area contributed by atoms with Gasteiger partial charge >= 0.3 is 0 Å². The average Bonchev–Trinajstić information content (AvgIpc) is 2.62. The molecule has 0 aliphatic carbocycles. The van der Waals surface area contributed by atoms with E-state index in [1.807, 2.05) is 78.9 Å². The van der Waals surface area contributed by atoms with E-state index in [-0.39, 0.29) is 11.8 Å². The first-order chi connectivity index (χ1) is 12.1. The molecule has 0 spiro atoms. The molecule has 126 valence electrons. The van der Waals surface area contributed by atoms with Crippen LogP contribution in [0.3, 0.4) is 0 Å². The molecule has 0 amide bonds. The molecule has 0 aliphatic heterocycles. The van der Waals surface area contributed by atoms with E-state index in [1.54, 1.807) is 0 Å². The fourth-order valence-corrected chi connectivity index (χ4v) is 3.18. The van der Waals surface area contributed by atoms with Gasteiger partial charge in [0.2, 0.25) is 0 Å². The fraction of sp³-hybridized carbons (Fsp3) is 0.0952. The zero-order valence-electron chi connectivity index (χ0n) is 13.5. The summed E-state index contributed by atoms with van der Waals surface area (Å²) in [7, 11) is 0. The first kappa shape index (κ1) is 17.7. The second-order valence-electron chi connectivity index (χ2n) is 5.75. The summed E-state index contributed by atoms with van der Waals surface area (Å²) in [6, 6.07) is 24.7. The predicted octanol–water partition coefficient (Wildman–Crippen LogP) is 6.53. The van der Waals surface area contributed by atoms with Gasteiger partial charge in [-0.1, -0.05) is 76.1 Å². The smallest absolute Gasteiger partial charge is 0.165 e. The zero-order valence-corrected chi connectivity index (χ0v) is 15.8. The molecule has 3 rings (SSSR count). The number of rotatable bonds is 6. The fourth-order valence-electron chi connectivity index (χ4n) is 2.65. The third kappa shape index (κ3) is 4.94. The number of ketones is 1. The summed E-state index contributed by atoms with van der Waals surface area (Å²) in [5, 5.41) is 4.14. The standard InChI is InChI=1S/C21H17BrClNO/c22-17-7-4-8-19(13-17)24-20(15-9-11-18(23)12-10-15)14-21(25)16-5-2-1-3-6-16/h1-13,20,24H,14H2/t20-/m0/s1. The topological polar surface area (TPSA) is 29.1 Å². The number of nitrogens with one attached hydrogen (secondary N) is 1. The molecule has 0 unspecified atom stereocenters. The summed E-state index contributed by atoms with van der Waals surface area (Å²) in [5.41, 5.74) is 2.70. The van der Waals surface area contributed by atoms with E-state index in [2.05, 4.69) is 21.2 Å². The Balaban J connectivity index is 1.86. The number of benzene rings is 3. The Morgan fingerprint density at radius 3 is 2.36 bits per heavy atom. The second-order valence-corrected chi connectivity index (χ2v) is 7.10. The first-order valence-electron chi connectivity index (χ1n) is 7.97. The van der Waals surface area contributed by atoms with E-state index in [9.17, 15) is 4.79 Å². The van der Waals surface area contributed by atoms with Gasteiger partial charge in [0.25, 0.3) is 0 Å². The Labute approximate surface area is 161 Å². The van der Waals surface area contributed by atoms with Crippen molar-refractivity contribution in [3.05, 3.63) is 99.5 Å². The van der Waals surface area contributed by atoms with Gasteiger partial charge in [0.1, 0.15) is 0 Å². The highest BCUT2D eigenvalue weighted by Crippen LogP contribution is 2.27. The summed E-state index contributed by atoms with van der Waals surface area (Å²) < 4.78 is 0.988. The van der Waals surface area contributed by atoms with Crippen LogP contribution in [0.5, 0.6) is 0 Å². The minimum absolute atomic E-state index is 0.100. The van der Waals surface area contributed by atoms with Crippen molar-refractivity contribution in [3.63, 3.8) is 0 Å². The van der Waals surface area contributed by atoms with Crippen molar-refractivity contribution >= 4 is 39.0 Å². The summed E-state index contributed by atoms with van der Waals surface area (Å²) in [6.45, 7) is 0. The molecule has 0 aliphatic rings. The van der Waals surface area contributed by atoms with E-state index in [1.165, 1.54) is 0 Å². The maximum Gasteiger partial charge on any atom is 0.165 e. The lowest BCUT2D eigenvalue weighted by atomic mass is 9.97. The van der Waals surface area contributed by atoms with Crippen molar-refractivity contribution in [1.82, 2.24) is 0 Å². The summed E-state index contributed by atoms with van der Waals surface area (Å²) in [5.74, 6) is 0.100. The Bertz CT molecular complexity index is 849. The SMILES string of the molecule is O=C(C[C@H](Nc1cccc(Br)c1)c1ccc(Cl)cc1)c1ccccc1. The van der Waals surface area contributed by atoms with Crippen LogP contribution < -0.4 is 5.32 Å². The third-order valence-corrected chi connectivity index (χ3v) is 4.67. The Morgan fingerprint density at radius 1 is 0.960 bits per heavy atom. The zero-order chi connectivity index (χ0) is 17.6. The summed E-state index contributed by atoms with van der Waals surface area (Å²) in [6.07, 6.45) is 0.359. The molecular formula is C21H17BrClNO. The van der Waals surface area contributed by atoms with Crippen LogP contribution in [0.2, 0.25) is 5.02 Å². The molecule has 0 saturated heterocycles. The minimum atomic E-state index is -0.140. The molecule has 0 aromatic heterocycles. The number of carbonyl (C=O) groups is 1. The third-order valence-electron chi connectivity index (χ3n) is 3.92. The molecular weight excluding hydrogens is 398 g/mol. The lowest BCUT2D eigenvalue weighted by molar-refractivity contribution is 0.0976. The van der Waals surface area contributed by atoms with Crippen molar-refractivity contribution in [3.8, 4) is 0 Å². The van der Waals surface area contributed by atoms with Gasteiger partial charge in [0, 0.05) is 27.2 Å². The molecule has 0 radical (unpaired) electrons.